The molecule has 0 radical (unpaired) electrons. The van der Waals surface area contributed by atoms with Gasteiger partial charge < -0.3 is 20.3 Å². The van der Waals surface area contributed by atoms with Crippen LogP contribution in [0.15, 0.2) is 18.2 Å². The van der Waals surface area contributed by atoms with Crippen molar-refractivity contribution in [2.45, 2.75) is 13.0 Å². The van der Waals surface area contributed by atoms with Gasteiger partial charge in [0.05, 0.1) is 0 Å². The molecule has 2 amide bonds. The standard InChI is InChI=1S/C15H22ClN3O3/c1-17-14(20)13-6-5-12(16)9-11(13)10-22-15(21)18-7-4-8-19(2)3/h5-6,9H,4,7-8,10H2,1-3H3,(H,17,20)(H,18,21). The van der Waals surface area contributed by atoms with E-state index < -0.39 is 6.09 Å². The first-order valence-electron chi connectivity index (χ1n) is 7.00. The van der Waals surface area contributed by atoms with E-state index in [1.165, 1.54) is 0 Å². The Morgan fingerprint density at radius 1 is 1.32 bits per heavy atom. The van der Waals surface area contributed by atoms with E-state index >= 15 is 0 Å². The minimum absolute atomic E-state index is 0.0111. The van der Waals surface area contributed by atoms with Crippen molar-refractivity contribution in [3.63, 3.8) is 0 Å². The molecule has 1 aromatic rings. The molecule has 0 heterocycles. The Morgan fingerprint density at radius 3 is 2.68 bits per heavy atom. The highest BCUT2D eigenvalue weighted by molar-refractivity contribution is 6.30. The average Bonchev–Trinajstić information content (AvgIpc) is 2.48. The number of benzene rings is 1. The maximum absolute atomic E-state index is 11.7. The van der Waals surface area contributed by atoms with Crippen LogP contribution in [0.1, 0.15) is 22.3 Å². The number of amides is 2. The number of nitrogens with zero attached hydrogens (tertiary/aromatic N) is 1. The van der Waals surface area contributed by atoms with E-state index in [0.29, 0.717) is 22.7 Å². The number of hydrogen-bond donors (Lipinski definition) is 2. The van der Waals surface area contributed by atoms with Gasteiger partial charge in [-0.2, -0.15) is 0 Å². The zero-order valence-electron chi connectivity index (χ0n) is 13.1. The molecular formula is C15H22ClN3O3. The molecule has 22 heavy (non-hydrogen) atoms. The lowest BCUT2D eigenvalue weighted by molar-refractivity contribution is 0.0956. The fraction of sp³-hybridized carbons (Fsp3) is 0.467. The lowest BCUT2D eigenvalue weighted by Crippen LogP contribution is -2.28. The lowest BCUT2D eigenvalue weighted by atomic mass is 10.1. The molecule has 0 aromatic heterocycles. The first kappa shape index (κ1) is 18.3. The summed E-state index contributed by atoms with van der Waals surface area (Å²) in [5.41, 5.74) is 1.00. The highest BCUT2D eigenvalue weighted by Gasteiger charge is 2.12. The summed E-state index contributed by atoms with van der Waals surface area (Å²) in [6.45, 7) is 1.41. The van der Waals surface area contributed by atoms with Crippen molar-refractivity contribution in [2.24, 2.45) is 0 Å². The van der Waals surface area contributed by atoms with Gasteiger partial charge in [-0.15, -0.1) is 0 Å². The Morgan fingerprint density at radius 2 is 2.05 bits per heavy atom. The minimum atomic E-state index is -0.512. The number of ether oxygens (including phenoxy) is 1. The molecule has 1 aromatic carbocycles. The Hall–Kier alpha value is -1.79. The van der Waals surface area contributed by atoms with Gasteiger partial charge in [0.15, 0.2) is 0 Å². The molecule has 2 N–H and O–H groups in total. The van der Waals surface area contributed by atoms with Crippen LogP contribution in [-0.2, 0) is 11.3 Å². The molecule has 0 bridgehead atoms. The van der Waals surface area contributed by atoms with E-state index in [9.17, 15) is 9.59 Å². The topological polar surface area (TPSA) is 70.7 Å². The fourth-order valence-corrected chi connectivity index (χ4v) is 2.01. The monoisotopic (exact) mass is 327 g/mol. The van der Waals surface area contributed by atoms with Crippen LogP contribution in [0.5, 0.6) is 0 Å². The van der Waals surface area contributed by atoms with Crippen molar-refractivity contribution in [3.05, 3.63) is 34.3 Å². The van der Waals surface area contributed by atoms with Crippen molar-refractivity contribution >= 4 is 23.6 Å². The smallest absolute Gasteiger partial charge is 0.407 e. The second-order valence-electron chi connectivity index (χ2n) is 5.04. The number of alkyl carbamates (subject to hydrolysis) is 1. The van der Waals surface area contributed by atoms with Gasteiger partial charge >= 0.3 is 6.09 Å². The second kappa shape index (κ2) is 9.27. The van der Waals surface area contributed by atoms with E-state index in [1.807, 2.05) is 19.0 Å². The lowest BCUT2D eigenvalue weighted by Gasteiger charge is -2.12. The van der Waals surface area contributed by atoms with Crippen molar-refractivity contribution in [2.75, 3.05) is 34.2 Å². The molecule has 0 aliphatic carbocycles. The third kappa shape index (κ3) is 6.32. The largest absolute Gasteiger partial charge is 0.445 e. The number of carbonyl (C=O) groups excluding carboxylic acids is 2. The SMILES string of the molecule is CNC(=O)c1ccc(Cl)cc1COC(=O)NCCCN(C)C. The summed E-state index contributed by atoms with van der Waals surface area (Å²) in [7, 11) is 5.48. The van der Waals surface area contributed by atoms with Crippen LogP contribution in [0.4, 0.5) is 4.79 Å². The number of hydrogen-bond acceptors (Lipinski definition) is 4. The van der Waals surface area contributed by atoms with E-state index in [1.54, 1.807) is 25.2 Å². The second-order valence-corrected chi connectivity index (χ2v) is 5.48. The third-order valence-electron chi connectivity index (χ3n) is 2.95. The van der Waals surface area contributed by atoms with Gasteiger partial charge in [0.1, 0.15) is 6.61 Å². The van der Waals surface area contributed by atoms with Crippen LogP contribution < -0.4 is 10.6 Å². The van der Waals surface area contributed by atoms with E-state index in [-0.39, 0.29) is 12.5 Å². The van der Waals surface area contributed by atoms with Gasteiger partial charge in [-0.1, -0.05) is 11.6 Å². The zero-order chi connectivity index (χ0) is 16.5. The quantitative estimate of drug-likeness (QED) is 0.750. The van der Waals surface area contributed by atoms with Crippen molar-refractivity contribution in [1.29, 1.82) is 0 Å². The Bertz CT molecular complexity index is 521. The molecule has 7 heteroatoms. The number of nitrogens with one attached hydrogen (secondary N) is 2. The Labute approximate surface area is 135 Å². The summed E-state index contributed by atoms with van der Waals surface area (Å²) in [6, 6.07) is 4.84. The molecule has 0 aliphatic rings. The molecule has 0 atom stereocenters. The Kier molecular flexibility index (Phi) is 7.70. The summed E-state index contributed by atoms with van der Waals surface area (Å²) in [5, 5.41) is 5.69. The van der Waals surface area contributed by atoms with Crippen LogP contribution in [0, 0.1) is 0 Å². The van der Waals surface area contributed by atoms with Crippen molar-refractivity contribution in [1.82, 2.24) is 15.5 Å². The first-order valence-corrected chi connectivity index (χ1v) is 7.37. The number of carbonyl (C=O) groups is 2. The van der Waals surface area contributed by atoms with Gasteiger partial charge in [0.25, 0.3) is 5.91 Å². The van der Waals surface area contributed by atoms with Crippen LogP contribution >= 0.6 is 11.6 Å². The minimum Gasteiger partial charge on any atom is -0.445 e. The predicted octanol–water partition coefficient (Wildman–Crippen LogP) is 1.88. The van der Waals surface area contributed by atoms with E-state index in [4.69, 9.17) is 16.3 Å². The highest BCUT2D eigenvalue weighted by Crippen LogP contribution is 2.17. The van der Waals surface area contributed by atoms with E-state index in [0.717, 1.165) is 13.0 Å². The summed E-state index contributed by atoms with van der Waals surface area (Å²) >= 11 is 5.92. The molecular weight excluding hydrogens is 306 g/mol. The summed E-state index contributed by atoms with van der Waals surface area (Å²) in [5.74, 6) is -0.248. The maximum Gasteiger partial charge on any atom is 0.407 e. The van der Waals surface area contributed by atoms with Gasteiger partial charge in [0.2, 0.25) is 0 Å². The predicted molar refractivity (Wildman–Crippen MR) is 86.2 cm³/mol. The molecule has 0 saturated heterocycles. The van der Waals surface area contributed by atoms with Crippen LogP contribution in [0.25, 0.3) is 0 Å². The zero-order valence-corrected chi connectivity index (χ0v) is 13.9. The molecule has 1 rings (SSSR count). The number of halogens is 1. The molecule has 0 spiro atoms. The van der Waals surface area contributed by atoms with Crippen molar-refractivity contribution < 1.29 is 14.3 Å². The summed E-state index contributed by atoms with van der Waals surface area (Å²) in [6.07, 6.45) is 0.324. The molecule has 0 unspecified atom stereocenters. The molecule has 122 valence electrons. The molecule has 6 nitrogen and oxygen atoms in total. The van der Waals surface area contributed by atoms with Crippen molar-refractivity contribution in [3.8, 4) is 0 Å². The van der Waals surface area contributed by atoms with E-state index in [2.05, 4.69) is 10.6 Å². The maximum atomic E-state index is 11.7. The summed E-state index contributed by atoms with van der Waals surface area (Å²) in [4.78, 5) is 25.4. The van der Waals surface area contributed by atoms with Gasteiger partial charge in [-0.25, -0.2) is 4.79 Å². The van der Waals surface area contributed by atoms with Crippen LogP contribution in [0.3, 0.4) is 0 Å². The number of rotatable bonds is 7. The molecule has 0 fully saturated rings. The Balaban J connectivity index is 2.51. The normalized spacial score (nSPS) is 10.4. The molecule has 0 saturated carbocycles. The van der Waals surface area contributed by atoms with Gasteiger partial charge in [-0.05, 0) is 45.3 Å². The average molecular weight is 328 g/mol. The van der Waals surface area contributed by atoms with Crippen LogP contribution in [-0.4, -0.2) is 51.1 Å². The first-order chi connectivity index (χ1) is 10.4. The third-order valence-corrected chi connectivity index (χ3v) is 3.18. The summed E-state index contributed by atoms with van der Waals surface area (Å²) < 4.78 is 5.12. The highest BCUT2D eigenvalue weighted by atomic mass is 35.5. The van der Waals surface area contributed by atoms with Crippen LogP contribution in [0.2, 0.25) is 5.02 Å². The molecule has 0 aliphatic heterocycles. The fourth-order valence-electron chi connectivity index (χ4n) is 1.82. The van der Waals surface area contributed by atoms with Gasteiger partial charge in [0, 0.05) is 29.7 Å². The van der Waals surface area contributed by atoms with Gasteiger partial charge in [-0.3, -0.25) is 4.79 Å².